The highest BCUT2D eigenvalue weighted by Crippen LogP contribution is 2.13. The minimum atomic E-state index is -0.586. The average molecular weight is 293 g/mol. The van der Waals surface area contributed by atoms with E-state index in [-0.39, 0.29) is 23.9 Å². The monoisotopic (exact) mass is 292 g/mol. The van der Waals surface area contributed by atoms with Gasteiger partial charge >= 0.3 is 5.97 Å². The van der Waals surface area contributed by atoms with Crippen molar-refractivity contribution in [2.24, 2.45) is 0 Å². The maximum Gasteiger partial charge on any atom is 0.358 e. The van der Waals surface area contributed by atoms with Crippen LogP contribution in [-0.4, -0.2) is 29.2 Å². The molecule has 0 amide bonds. The van der Waals surface area contributed by atoms with Crippen molar-refractivity contribution >= 4 is 17.6 Å². The molecule has 0 radical (unpaired) electrons. The van der Waals surface area contributed by atoms with E-state index >= 15 is 0 Å². The Bertz CT molecular complexity index is 590. The lowest BCUT2D eigenvalue weighted by atomic mass is 10.3. The molecule has 0 spiro atoms. The largest absolute Gasteiger partial charge is 0.490 e. The van der Waals surface area contributed by atoms with E-state index in [0.29, 0.717) is 5.82 Å². The van der Waals surface area contributed by atoms with Crippen LogP contribution in [0.2, 0.25) is 5.02 Å². The van der Waals surface area contributed by atoms with Gasteiger partial charge < -0.3 is 9.47 Å². The second-order valence-corrected chi connectivity index (χ2v) is 4.32. The Hall–Kier alpha value is -2.14. The highest BCUT2D eigenvalue weighted by molar-refractivity contribution is 6.33. The Balaban J connectivity index is 1.82. The molecule has 1 aromatic heterocycles. The van der Waals surface area contributed by atoms with E-state index in [9.17, 15) is 4.79 Å². The number of hydrogen-bond acceptors (Lipinski definition) is 5. The number of benzene rings is 1. The first-order chi connectivity index (χ1) is 9.66. The number of para-hydroxylation sites is 1. The van der Waals surface area contributed by atoms with Gasteiger partial charge in [0.05, 0.1) is 11.2 Å². The van der Waals surface area contributed by atoms with E-state index in [1.807, 2.05) is 30.3 Å². The van der Waals surface area contributed by atoms with Crippen LogP contribution in [0.5, 0.6) is 5.75 Å². The molecule has 1 aromatic carbocycles. The molecule has 0 saturated carbocycles. The van der Waals surface area contributed by atoms with Crippen molar-refractivity contribution in [1.82, 2.24) is 9.97 Å². The second-order valence-electron chi connectivity index (χ2n) is 3.91. The summed E-state index contributed by atoms with van der Waals surface area (Å²) in [5, 5.41) is 0.171. The molecule has 0 bridgehead atoms. The molecule has 104 valence electrons. The van der Waals surface area contributed by atoms with E-state index in [1.165, 1.54) is 6.20 Å². The van der Waals surface area contributed by atoms with Crippen molar-refractivity contribution in [3.05, 3.63) is 53.1 Å². The van der Waals surface area contributed by atoms with Gasteiger partial charge in [-0.15, -0.1) is 0 Å². The van der Waals surface area contributed by atoms with E-state index < -0.39 is 5.97 Å². The van der Waals surface area contributed by atoms with Crippen molar-refractivity contribution in [3.63, 3.8) is 0 Å². The molecule has 20 heavy (non-hydrogen) atoms. The van der Waals surface area contributed by atoms with Crippen LogP contribution in [0.15, 0.2) is 36.5 Å². The number of aromatic nitrogens is 2. The van der Waals surface area contributed by atoms with Gasteiger partial charge in [-0.3, -0.25) is 0 Å². The summed E-state index contributed by atoms with van der Waals surface area (Å²) in [6, 6.07) is 9.28. The fraction of sp³-hybridized carbons (Fsp3) is 0.214. The molecule has 1 heterocycles. The van der Waals surface area contributed by atoms with E-state index in [4.69, 9.17) is 21.1 Å². The number of carbonyl (C=O) groups is 1. The molecule has 0 saturated heterocycles. The quantitative estimate of drug-likeness (QED) is 0.626. The van der Waals surface area contributed by atoms with Gasteiger partial charge in [-0.25, -0.2) is 14.8 Å². The van der Waals surface area contributed by atoms with Gasteiger partial charge in [-0.05, 0) is 19.1 Å². The maximum atomic E-state index is 11.8. The van der Waals surface area contributed by atoms with Crippen LogP contribution in [0.25, 0.3) is 0 Å². The number of hydrogen-bond donors (Lipinski definition) is 0. The van der Waals surface area contributed by atoms with Crippen LogP contribution in [0, 0.1) is 6.92 Å². The van der Waals surface area contributed by atoms with Crippen LogP contribution < -0.4 is 4.74 Å². The smallest absolute Gasteiger partial charge is 0.358 e. The number of rotatable bonds is 5. The van der Waals surface area contributed by atoms with Crippen molar-refractivity contribution in [2.75, 3.05) is 13.2 Å². The van der Waals surface area contributed by atoms with Crippen LogP contribution in [0.3, 0.4) is 0 Å². The minimum absolute atomic E-state index is 0.0684. The Morgan fingerprint density at radius 3 is 2.75 bits per heavy atom. The zero-order valence-electron chi connectivity index (χ0n) is 10.9. The molecule has 0 unspecified atom stereocenters. The predicted molar refractivity (Wildman–Crippen MR) is 74.0 cm³/mol. The van der Waals surface area contributed by atoms with Crippen molar-refractivity contribution < 1.29 is 14.3 Å². The minimum Gasteiger partial charge on any atom is -0.490 e. The predicted octanol–water partition coefficient (Wildman–Crippen LogP) is 2.67. The molecule has 6 heteroatoms. The third kappa shape index (κ3) is 3.93. The van der Waals surface area contributed by atoms with Gasteiger partial charge in [0.25, 0.3) is 0 Å². The van der Waals surface area contributed by atoms with Crippen molar-refractivity contribution in [3.8, 4) is 5.75 Å². The van der Waals surface area contributed by atoms with Gasteiger partial charge in [0.1, 0.15) is 24.8 Å². The van der Waals surface area contributed by atoms with Crippen LogP contribution in [-0.2, 0) is 4.74 Å². The maximum absolute atomic E-state index is 11.8. The van der Waals surface area contributed by atoms with Gasteiger partial charge in [0.2, 0.25) is 0 Å². The molecule has 0 fully saturated rings. The van der Waals surface area contributed by atoms with Crippen LogP contribution in [0.1, 0.15) is 16.3 Å². The summed E-state index contributed by atoms with van der Waals surface area (Å²) in [6.07, 6.45) is 1.38. The van der Waals surface area contributed by atoms with Gasteiger partial charge in [0, 0.05) is 0 Å². The second kappa shape index (κ2) is 6.86. The number of nitrogens with zero attached hydrogens (tertiary/aromatic N) is 2. The average Bonchev–Trinajstić information content (AvgIpc) is 2.47. The first-order valence-electron chi connectivity index (χ1n) is 6.01. The molecular formula is C14H13ClN2O3. The lowest BCUT2D eigenvalue weighted by molar-refractivity contribution is 0.0443. The van der Waals surface area contributed by atoms with Gasteiger partial charge in [-0.1, -0.05) is 29.8 Å². The molecule has 0 N–H and O–H groups in total. The summed E-state index contributed by atoms with van der Waals surface area (Å²) in [6.45, 7) is 2.05. The Labute approximate surface area is 121 Å². The number of carbonyl (C=O) groups excluding carboxylic acids is 1. The summed E-state index contributed by atoms with van der Waals surface area (Å²) in [7, 11) is 0. The highest BCUT2D eigenvalue weighted by Gasteiger charge is 2.14. The topological polar surface area (TPSA) is 61.3 Å². The molecule has 2 aromatic rings. The third-order valence-corrected chi connectivity index (χ3v) is 2.66. The van der Waals surface area contributed by atoms with E-state index in [0.717, 1.165) is 5.75 Å². The van der Waals surface area contributed by atoms with Crippen molar-refractivity contribution in [2.45, 2.75) is 6.92 Å². The number of halogens is 1. The summed E-state index contributed by atoms with van der Waals surface area (Å²) >= 11 is 5.84. The fourth-order valence-electron chi connectivity index (χ4n) is 1.48. The summed E-state index contributed by atoms with van der Waals surface area (Å²) < 4.78 is 10.5. The van der Waals surface area contributed by atoms with E-state index in [2.05, 4.69) is 9.97 Å². The number of aryl methyl sites for hydroxylation is 1. The molecule has 5 nitrogen and oxygen atoms in total. The first-order valence-corrected chi connectivity index (χ1v) is 6.39. The zero-order chi connectivity index (χ0) is 14.4. The Kier molecular flexibility index (Phi) is 4.90. The number of ether oxygens (including phenoxy) is 2. The molecule has 0 aliphatic rings. The van der Waals surface area contributed by atoms with Crippen LogP contribution in [0.4, 0.5) is 0 Å². The molecule has 0 atom stereocenters. The zero-order valence-corrected chi connectivity index (χ0v) is 11.6. The molecular weight excluding hydrogens is 280 g/mol. The highest BCUT2D eigenvalue weighted by atomic mass is 35.5. The third-order valence-electron chi connectivity index (χ3n) is 2.39. The van der Waals surface area contributed by atoms with E-state index in [1.54, 1.807) is 6.92 Å². The lowest BCUT2D eigenvalue weighted by Gasteiger charge is -2.07. The SMILES string of the molecule is Cc1ncc(Cl)c(C(=O)OCCOc2ccccc2)n1. The summed E-state index contributed by atoms with van der Waals surface area (Å²) in [5.41, 5.74) is 0.0684. The molecule has 2 rings (SSSR count). The summed E-state index contributed by atoms with van der Waals surface area (Å²) in [4.78, 5) is 19.6. The van der Waals surface area contributed by atoms with Crippen LogP contribution >= 0.6 is 11.6 Å². The van der Waals surface area contributed by atoms with Gasteiger partial charge in [0.15, 0.2) is 5.69 Å². The lowest BCUT2D eigenvalue weighted by Crippen LogP contribution is -2.14. The first kappa shape index (κ1) is 14.3. The Morgan fingerprint density at radius 1 is 1.25 bits per heavy atom. The standard InChI is InChI=1S/C14H13ClN2O3/c1-10-16-9-12(15)13(17-10)14(18)20-8-7-19-11-5-3-2-4-6-11/h2-6,9H,7-8H2,1H3. The fourth-order valence-corrected chi connectivity index (χ4v) is 1.65. The molecule has 0 aliphatic carbocycles. The van der Waals surface area contributed by atoms with Gasteiger partial charge in [-0.2, -0.15) is 0 Å². The number of esters is 1. The van der Waals surface area contributed by atoms with Crippen molar-refractivity contribution in [1.29, 1.82) is 0 Å². The normalized spacial score (nSPS) is 10.1. The summed E-state index contributed by atoms with van der Waals surface area (Å²) in [5.74, 6) is 0.596. The molecule has 0 aliphatic heterocycles. The Morgan fingerprint density at radius 2 is 2.00 bits per heavy atom.